The Hall–Kier alpha value is -0.650. The molecule has 0 fully saturated rings. The number of ketones is 1. The molecule has 0 amide bonds. The molecule has 0 unspecified atom stereocenters. The van der Waals surface area contributed by atoms with Crippen molar-refractivity contribution in [1.29, 1.82) is 0 Å². The summed E-state index contributed by atoms with van der Waals surface area (Å²) in [5.41, 5.74) is 6.92. The molecule has 0 aliphatic heterocycles. The highest BCUT2D eigenvalue weighted by Gasteiger charge is 2.11. The fourth-order valence-electron chi connectivity index (χ4n) is 1.49. The maximum Gasteiger partial charge on any atom is 0.170 e. The highest BCUT2D eigenvalue weighted by atomic mass is 79.9. The lowest BCUT2D eigenvalue weighted by molar-refractivity contribution is 0.0994. The van der Waals surface area contributed by atoms with Crippen LogP contribution in [0.2, 0.25) is 0 Å². The van der Waals surface area contributed by atoms with Crippen LogP contribution < -0.4 is 5.73 Å². The summed E-state index contributed by atoms with van der Waals surface area (Å²) >= 11 is 8.25. The molecule has 0 bridgehead atoms. The first-order valence-corrected chi connectivity index (χ1v) is 7.34. The standard InChI is InChI=1S/C12H9Br2NOS/c13-7-1-2-10(11(15)4-7)12(16)5-9-3-8(14)6-17-9/h1-4,6H,5,15H2. The van der Waals surface area contributed by atoms with Crippen molar-refractivity contribution < 1.29 is 4.79 Å². The summed E-state index contributed by atoms with van der Waals surface area (Å²) < 4.78 is 1.89. The van der Waals surface area contributed by atoms with Gasteiger partial charge in [0.05, 0.1) is 0 Å². The molecule has 0 aliphatic rings. The van der Waals surface area contributed by atoms with E-state index in [0.717, 1.165) is 13.8 Å². The van der Waals surface area contributed by atoms with E-state index in [9.17, 15) is 4.79 Å². The summed E-state index contributed by atoms with van der Waals surface area (Å²) in [7, 11) is 0. The number of Topliss-reactive ketones (excluding diaryl/α,β-unsaturated/α-hetero) is 1. The Morgan fingerprint density at radius 3 is 2.59 bits per heavy atom. The van der Waals surface area contributed by atoms with Gasteiger partial charge in [0.25, 0.3) is 0 Å². The van der Waals surface area contributed by atoms with Gasteiger partial charge in [-0.2, -0.15) is 0 Å². The Labute approximate surface area is 120 Å². The van der Waals surface area contributed by atoms with E-state index >= 15 is 0 Å². The van der Waals surface area contributed by atoms with Crippen LogP contribution in [0.25, 0.3) is 0 Å². The molecule has 2 nitrogen and oxygen atoms in total. The summed E-state index contributed by atoms with van der Waals surface area (Å²) in [6, 6.07) is 7.29. The highest BCUT2D eigenvalue weighted by Crippen LogP contribution is 2.24. The zero-order chi connectivity index (χ0) is 12.4. The molecule has 17 heavy (non-hydrogen) atoms. The van der Waals surface area contributed by atoms with Crippen LogP contribution in [-0.4, -0.2) is 5.78 Å². The third-order valence-corrected chi connectivity index (χ3v) is 4.46. The Balaban J connectivity index is 2.20. The predicted octanol–water partition coefficient (Wildman–Crippen LogP) is 4.28. The molecule has 0 saturated carbocycles. The van der Waals surface area contributed by atoms with Crippen molar-refractivity contribution in [1.82, 2.24) is 0 Å². The molecule has 1 aromatic heterocycles. The second kappa shape index (κ2) is 5.33. The van der Waals surface area contributed by atoms with Crippen LogP contribution in [0.1, 0.15) is 15.2 Å². The zero-order valence-corrected chi connectivity index (χ0v) is 12.7. The van der Waals surface area contributed by atoms with Gasteiger partial charge in [0, 0.05) is 36.9 Å². The molecule has 2 aromatic rings. The van der Waals surface area contributed by atoms with E-state index in [1.807, 2.05) is 17.5 Å². The van der Waals surface area contributed by atoms with Gasteiger partial charge in [0.2, 0.25) is 0 Å². The average Bonchev–Trinajstić information content (AvgIpc) is 2.63. The second-order valence-corrected chi connectivity index (χ2v) is 6.39. The molecule has 1 heterocycles. The predicted molar refractivity (Wildman–Crippen MR) is 78.6 cm³/mol. The monoisotopic (exact) mass is 373 g/mol. The van der Waals surface area contributed by atoms with E-state index in [0.29, 0.717) is 17.7 Å². The quantitative estimate of drug-likeness (QED) is 0.643. The highest BCUT2D eigenvalue weighted by molar-refractivity contribution is 9.10. The lowest BCUT2D eigenvalue weighted by atomic mass is 10.1. The summed E-state index contributed by atoms with van der Waals surface area (Å²) in [6.45, 7) is 0. The normalized spacial score (nSPS) is 10.5. The maximum atomic E-state index is 12.1. The first-order valence-electron chi connectivity index (χ1n) is 4.87. The topological polar surface area (TPSA) is 43.1 Å². The van der Waals surface area contributed by atoms with Crippen LogP contribution in [0.5, 0.6) is 0 Å². The summed E-state index contributed by atoms with van der Waals surface area (Å²) in [4.78, 5) is 13.1. The molecule has 0 atom stereocenters. The molecule has 2 N–H and O–H groups in total. The lowest BCUT2D eigenvalue weighted by Gasteiger charge is -2.04. The van der Waals surface area contributed by atoms with E-state index in [1.165, 1.54) is 0 Å². The zero-order valence-electron chi connectivity index (χ0n) is 8.74. The molecular formula is C12H9Br2NOS. The smallest absolute Gasteiger partial charge is 0.170 e. The average molecular weight is 375 g/mol. The number of halogens is 2. The van der Waals surface area contributed by atoms with E-state index in [2.05, 4.69) is 31.9 Å². The largest absolute Gasteiger partial charge is 0.398 e. The van der Waals surface area contributed by atoms with Crippen molar-refractivity contribution in [2.45, 2.75) is 6.42 Å². The van der Waals surface area contributed by atoms with Gasteiger partial charge in [-0.05, 0) is 40.2 Å². The number of thiophene rings is 1. The third-order valence-electron chi connectivity index (χ3n) is 2.27. The van der Waals surface area contributed by atoms with Crippen molar-refractivity contribution in [2.24, 2.45) is 0 Å². The molecule has 0 aliphatic carbocycles. The number of anilines is 1. The minimum Gasteiger partial charge on any atom is -0.398 e. The molecule has 0 spiro atoms. The van der Waals surface area contributed by atoms with Crippen molar-refractivity contribution in [2.75, 3.05) is 5.73 Å². The van der Waals surface area contributed by atoms with Crippen LogP contribution in [0, 0.1) is 0 Å². The molecule has 0 radical (unpaired) electrons. The minimum atomic E-state index is 0.0457. The van der Waals surface area contributed by atoms with Gasteiger partial charge in [-0.1, -0.05) is 15.9 Å². The minimum absolute atomic E-state index is 0.0457. The summed E-state index contributed by atoms with van der Waals surface area (Å²) in [5.74, 6) is 0.0457. The Morgan fingerprint density at radius 1 is 1.24 bits per heavy atom. The van der Waals surface area contributed by atoms with Crippen molar-refractivity contribution in [3.63, 3.8) is 0 Å². The lowest BCUT2D eigenvalue weighted by Crippen LogP contribution is -2.06. The SMILES string of the molecule is Nc1cc(Br)ccc1C(=O)Cc1cc(Br)cs1. The fourth-order valence-corrected chi connectivity index (χ4v) is 3.32. The Kier molecular flexibility index (Phi) is 4.01. The Morgan fingerprint density at radius 2 is 2.00 bits per heavy atom. The van der Waals surface area contributed by atoms with Gasteiger partial charge >= 0.3 is 0 Å². The maximum absolute atomic E-state index is 12.1. The van der Waals surface area contributed by atoms with Crippen molar-refractivity contribution >= 4 is 54.7 Å². The van der Waals surface area contributed by atoms with Crippen molar-refractivity contribution in [3.8, 4) is 0 Å². The van der Waals surface area contributed by atoms with Crippen LogP contribution in [0.4, 0.5) is 5.69 Å². The van der Waals surface area contributed by atoms with E-state index in [-0.39, 0.29) is 5.78 Å². The first kappa shape index (κ1) is 12.8. The molecule has 0 saturated heterocycles. The van der Waals surface area contributed by atoms with Gasteiger partial charge in [-0.3, -0.25) is 4.79 Å². The van der Waals surface area contributed by atoms with Gasteiger partial charge in [0.15, 0.2) is 5.78 Å². The van der Waals surface area contributed by atoms with Crippen LogP contribution in [0.3, 0.4) is 0 Å². The van der Waals surface area contributed by atoms with Gasteiger partial charge in [-0.15, -0.1) is 11.3 Å². The van der Waals surface area contributed by atoms with Crippen molar-refractivity contribution in [3.05, 3.63) is 49.0 Å². The number of hydrogen-bond donors (Lipinski definition) is 1. The van der Waals surface area contributed by atoms with Crippen LogP contribution >= 0.6 is 43.2 Å². The number of benzene rings is 1. The van der Waals surface area contributed by atoms with Crippen LogP contribution in [-0.2, 0) is 6.42 Å². The van der Waals surface area contributed by atoms with E-state index in [1.54, 1.807) is 23.5 Å². The molecule has 2 rings (SSSR count). The first-order chi connectivity index (χ1) is 8.06. The van der Waals surface area contributed by atoms with Gasteiger partial charge < -0.3 is 5.73 Å². The van der Waals surface area contributed by atoms with Gasteiger partial charge in [0.1, 0.15) is 0 Å². The summed E-state index contributed by atoms with van der Waals surface area (Å²) in [6.07, 6.45) is 0.391. The van der Waals surface area contributed by atoms with Crippen LogP contribution in [0.15, 0.2) is 38.6 Å². The fraction of sp³-hybridized carbons (Fsp3) is 0.0833. The number of nitrogen functional groups attached to an aromatic ring is 1. The third kappa shape index (κ3) is 3.18. The molecule has 5 heteroatoms. The number of hydrogen-bond acceptors (Lipinski definition) is 3. The number of carbonyl (C=O) groups is 1. The Bertz CT molecular complexity index is 565. The van der Waals surface area contributed by atoms with Gasteiger partial charge in [-0.25, -0.2) is 0 Å². The molecular weight excluding hydrogens is 366 g/mol. The summed E-state index contributed by atoms with van der Waals surface area (Å²) in [5, 5.41) is 1.97. The second-order valence-electron chi connectivity index (χ2n) is 3.56. The van der Waals surface area contributed by atoms with E-state index in [4.69, 9.17) is 5.73 Å². The number of carbonyl (C=O) groups excluding carboxylic acids is 1. The number of nitrogens with two attached hydrogens (primary N) is 1. The van der Waals surface area contributed by atoms with E-state index < -0.39 is 0 Å². The molecule has 1 aromatic carbocycles. The number of rotatable bonds is 3. The molecule has 88 valence electrons.